The molecule has 5 heterocycles. The van der Waals surface area contributed by atoms with E-state index in [2.05, 4.69) is 191 Å². The summed E-state index contributed by atoms with van der Waals surface area (Å²) in [6.07, 6.45) is 0. The highest BCUT2D eigenvalue weighted by atomic mass is 32.2. The number of hydrogen-bond acceptors (Lipinski definition) is 3. The van der Waals surface area contributed by atoms with E-state index in [9.17, 15) is 0 Å². The van der Waals surface area contributed by atoms with Gasteiger partial charge in [0.2, 0.25) is 5.95 Å². The highest BCUT2D eigenvalue weighted by Crippen LogP contribution is 2.62. The Labute approximate surface area is 326 Å². The van der Waals surface area contributed by atoms with Crippen molar-refractivity contribution in [2.75, 3.05) is 0 Å². The highest BCUT2D eigenvalue weighted by Gasteiger charge is 2.50. The topological polar surface area (TPSA) is 35.6 Å². The summed E-state index contributed by atoms with van der Waals surface area (Å²) in [6.45, 7) is 0. The molecule has 260 valence electrons. The van der Waals surface area contributed by atoms with Crippen LogP contribution in [0.3, 0.4) is 0 Å². The quantitative estimate of drug-likeness (QED) is 0.178. The molecule has 1 spiro atoms. The third kappa shape index (κ3) is 3.75. The van der Waals surface area contributed by atoms with E-state index in [0.29, 0.717) is 5.95 Å². The Morgan fingerprint density at radius 3 is 1.88 bits per heavy atom. The molecular formula is C51H30N4S. The SMILES string of the molecule is c1ccc(-c2nc(-n3c4ccccc4c4ccc5c(c43)Sc3ccccc3C53c4ccccc4-n4c5ccccc5c5cccc3c54)nc3ccccc23)cc1. The van der Waals surface area contributed by atoms with Gasteiger partial charge in [0, 0.05) is 42.3 Å². The minimum atomic E-state index is -0.591. The van der Waals surface area contributed by atoms with Crippen LogP contribution >= 0.6 is 11.8 Å². The lowest BCUT2D eigenvalue weighted by Crippen LogP contribution is -2.37. The van der Waals surface area contributed by atoms with Crippen molar-refractivity contribution >= 4 is 66.3 Å². The maximum atomic E-state index is 5.47. The van der Waals surface area contributed by atoms with Gasteiger partial charge in [-0.2, -0.15) is 0 Å². The molecule has 2 aliphatic rings. The number of fused-ring (bicyclic) bond motifs is 16. The van der Waals surface area contributed by atoms with Crippen LogP contribution in [0.4, 0.5) is 0 Å². The smallest absolute Gasteiger partial charge is 0.235 e. The summed E-state index contributed by atoms with van der Waals surface area (Å²) in [7, 11) is 0. The first kappa shape index (κ1) is 30.4. The molecule has 0 aliphatic carbocycles. The number of rotatable bonds is 2. The zero-order valence-electron chi connectivity index (χ0n) is 30.0. The van der Waals surface area contributed by atoms with Gasteiger partial charge in [-0.1, -0.05) is 163 Å². The molecule has 0 fully saturated rings. The molecule has 4 nitrogen and oxygen atoms in total. The molecule has 0 N–H and O–H groups in total. The van der Waals surface area contributed by atoms with Crippen molar-refractivity contribution < 1.29 is 0 Å². The van der Waals surface area contributed by atoms with Crippen molar-refractivity contribution in [1.29, 1.82) is 0 Å². The molecule has 1 unspecified atom stereocenters. The van der Waals surface area contributed by atoms with Gasteiger partial charge in [-0.15, -0.1) is 0 Å². The first-order chi connectivity index (χ1) is 27.8. The molecule has 0 radical (unpaired) electrons. The van der Waals surface area contributed by atoms with E-state index >= 15 is 0 Å². The Balaban J connectivity index is 1.22. The lowest BCUT2D eigenvalue weighted by molar-refractivity contribution is 0.691. The van der Waals surface area contributed by atoms with Crippen LogP contribution in [0.15, 0.2) is 192 Å². The Morgan fingerprint density at radius 2 is 1.04 bits per heavy atom. The van der Waals surface area contributed by atoms with E-state index in [-0.39, 0.29) is 0 Å². The van der Waals surface area contributed by atoms with E-state index in [1.807, 2.05) is 11.8 Å². The summed E-state index contributed by atoms with van der Waals surface area (Å²) in [5.41, 5.74) is 13.4. The minimum absolute atomic E-state index is 0.591. The molecule has 2 aliphatic heterocycles. The average Bonchev–Trinajstić information content (AvgIpc) is 3.79. The van der Waals surface area contributed by atoms with Crippen LogP contribution in [0, 0.1) is 0 Å². The zero-order valence-corrected chi connectivity index (χ0v) is 30.8. The van der Waals surface area contributed by atoms with Crippen molar-refractivity contribution in [2.45, 2.75) is 15.2 Å². The van der Waals surface area contributed by atoms with Crippen molar-refractivity contribution in [1.82, 2.24) is 19.1 Å². The fourth-order valence-corrected chi connectivity index (χ4v) is 11.3. The highest BCUT2D eigenvalue weighted by molar-refractivity contribution is 7.99. The van der Waals surface area contributed by atoms with Crippen molar-refractivity contribution in [3.05, 3.63) is 204 Å². The molecule has 8 aromatic carbocycles. The Hall–Kier alpha value is -6.95. The molecule has 5 heteroatoms. The van der Waals surface area contributed by atoms with Crippen LogP contribution < -0.4 is 0 Å². The third-order valence-electron chi connectivity index (χ3n) is 12.2. The van der Waals surface area contributed by atoms with Gasteiger partial charge in [-0.05, 0) is 52.6 Å². The van der Waals surface area contributed by atoms with Crippen LogP contribution in [0.25, 0.3) is 77.4 Å². The maximum absolute atomic E-state index is 5.47. The van der Waals surface area contributed by atoms with Gasteiger partial charge in [0.1, 0.15) is 0 Å². The molecule has 0 saturated heterocycles. The summed E-state index contributed by atoms with van der Waals surface area (Å²) >= 11 is 1.88. The van der Waals surface area contributed by atoms with Gasteiger partial charge in [0.05, 0.1) is 44.4 Å². The molecule has 13 rings (SSSR count). The Bertz CT molecular complexity index is 3470. The first-order valence-corrected chi connectivity index (χ1v) is 19.9. The van der Waals surface area contributed by atoms with Crippen LogP contribution in [0.2, 0.25) is 0 Å². The average molecular weight is 731 g/mol. The second kappa shape index (κ2) is 11.1. The Morgan fingerprint density at radius 1 is 0.411 bits per heavy atom. The lowest BCUT2D eigenvalue weighted by Gasteiger charge is -2.45. The minimum Gasteiger partial charge on any atom is -0.309 e. The molecule has 0 bridgehead atoms. The maximum Gasteiger partial charge on any atom is 0.235 e. The summed E-state index contributed by atoms with van der Waals surface area (Å²) < 4.78 is 4.84. The predicted molar refractivity (Wildman–Crippen MR) is 230 cm³/mol. The first-order valence-electron chi connectivity index (χ1n) is 19.1. The zero-order chi connectivity index (χ0) is 36.5. The summed E-state index contributed by atoms with van der Waals surface area (Å²) in [5.74, 6) is 0.668. The van der Waals surface area contributed by atoms with Gasteiger partial charge >= 0.3 is 0 Å². The van der Waals surface area contributed by atoms with Crippen molar-refractivity contribution in [2.24, 2.45) is 0 Å². The molecular weight excluding hydrogens is 701 g/mol. The van der Waals surface area contributed by atoms with Crippen molar-refractivity contribution in [3.63, 3.8) is 0 Å². The number of para-hydroxylation sites is 5. The molecule has 11 aromatic rings. The normalized spacial score (nSPS) is 15.5. The molecule has 0 amide bonds. The predicted octanol–water partition coefficient (Wildman–Crippen LogP) is 12.7. The van der Waals surface area contributed by atoms with Gasteiger partial charge in [0.15, 0.2) is 0 Å². The molecule has 1 atom stereocenters. The second-order valence-electron chi connectivity index (χ2n) is 14.9. The van der Waals surface area contributed by atoms with E-state index in [1.165, 1.54) is 70.3 Å². The van der Waals surface area contributed by atoms with Crippen LogP contribution in [0.1, 0.15) is 22.3 Å². The second-order valence-corrected chi connectivity index (χ2v) is 15.9. The van der Waals surface area contributed by atoms with Gasteiger partial charge < -0.3 is 4.57 Å². The molecule has 56 heavy (non-hydrogen) atoms. The summed E-state index contributed by atoms with van der Waals surface area (Å²) in [4.78, 5) is 13.3. The monoisotopic (exact) mass is 730 g/mol. The van der Waals surface area contributed by atoms with E-state index in [1.54, 1.807) is 0 Å². The van der Waals surface area contributed by atoms with Crippen LogP contribution in [0.5, 0.6) is 0 Å². The summed E-state index contributed by atoms with van der Waals surface area (Å²) in [6, 6.07) is 66.3. The van der Waals surface area contributed by atoms with Gasteiger partial charge in [-0.3, -0.25) is 4.57 Å². The largest absolute Gasteiger partial charge is 0.309 e. The van der Waals surface area contributed by atoms with E-state index < -0.39 is 5.41 Å². The molecule has 0 saturated carbocycles. The number of nitrogens with zero attached hydrogens (tertiary/aromatic N) is 4. The van der Waals surface area contributed by atoms with Gasteiger partial charge in [0.25, 0.3) is 0 Å². The summed E-state index contributed by atoms with van der Waals surface area (Å²) in [5, 5.41) is 5.96. The van der Waals surface area contributed by atoms with Crippen LogP contribution in [-0.4, -0.2) is 19.1 Å². The standard InChI is InChI=1S/C51H30N4S/c1-2-15-31(16-3-1)46-36-19-4-9-24-41(36)52-50(53-46)55-43-26-11-6-18-33(43)35-29-30-40-49(48(35)55)56-45-28-13-8-22-38(45)51(40)37-21-7-12-27-44(37)54-42-25-10-5-17-32(42)34-20-14-23-39(51)47(34)54/h1-30H. The van der Waals surface area contributed by atoms with Crippen LogP contribution in [-0.2, 0) is 5.41 Å². The third-order valence-corrected chi connectivity index (χ3v) is 13.4. The number of benzene rings is 8. The van der Waals surface area contributed by atoms with E-state index in [4.69, 9.17) is 9.97 Å². The van der Waals surface area contributed by atoms with E-state index in [0.717, 1.165) is 33.2 Å². The van der Waals surface area contributed by atoms with Crippen molar-refractivity contribution in [3.8, 4) is 22.9 Å². The molecule has 3 aromatic heterocycles. The Kier molecular flexibility index (Phi) is 6.00. The van der Waals surface area contributed by atoms with Gasteiger partial charge in [-0.25, -0.2) is 9.97 Å². The lowest BCUT2D eigenvalue weighted by atomic mass is 9.62. The number of aromatic nitrogens is 4. The fourth-order valence-electron chi connectivity index (χ4n) is 10.0. The fraction of sp³-hybridized carbons (Fsp3) is 0.0196. The number of hydrogen-bond donors (Lipinski definition) is 0.